The lowest BCUT2D eigenvalue weighted by atomic mass is 10.1. The van der Waals surface area contributed by atoms with Crippen LogP contribution < -0.4 is 4.67 Å². The summed E-state index contributed by atoms with van der Waals surface area (Å²) in [5.74, 6) is 0. The second kappa shape index (κ2) is 5.32. The fourth-order valence-electron chi connectivity index (χ4n) is 1.33. The molecule has 0 unspecified atom stereocenters. The Morgan fingerprint density at radius 1 is 1.19 bits per heavy atom. The third-order valence-corrected chi connectivity index (χ3v) is 5.64. The molecule has 0 spiro atoms. The summed E-state index contributed by atoms with van der Waals surface area (Å²) in [5.41, 5.74) is 2.19. The predicted octanol–water partition coefficient (Wildman–Crippen LogP) is 4.91. The first-order valence-electron chi connectivity index (χ1n) is 4.79. The number of rotatable bonds is 2. The van der Waals surface area contributed by atoms with Crippen molar-refractivity contribution in [1.29, 1.82) is 0 Å². The molecule has 0 saturated carbocycles. The Labute approximate surface area is 111 Å². The van der Waals surface area contributed by atoms with E-state index >= 15 is 0 Å². The molecule has 2 aromatic rings. The van der Waals surface area contributed by atoms with E-state index in [1.165, 1.54) is 26.2 Å². The smallest absolute Gasteiger partial charge is 0.147 e. The van der Waals surface area contributed by atoms with Crippen molar-refractivity contribution in [1.82, 2.24) is 0 Å². The molecule has 0 aliphatic heterocycles. The zero-order valence-electron chi connectivity index (χ0n) is 8.54. The van der Waals surface area contributed by atoms with Gasteiger partial charge in [0.25, 0.3) is 0 Å². The van der Waals surface area contributed by atoms with E-state index in [1.807, 2.05) is 18.2 Å². The van der Waals surface area contributed by atoms with Gasteiger partial charge in [0.15, 0.2) is 0 Å². The predicted molar refractivity (Wildman–Crippen MR) is 73.3 cm³/mol. The number of aryl methyl sites for hydroxylation is 1. The van der Waals surface area contributed by atoms with Crippen LogP contribution in [0.25, 0.3) is 0 Å². The Morgan fingerprint density at radius 2 is 1.94 bits per heavy atom. The van der Waals surface area contributed by atoms with Crippen LogP contribution in [0.5, 0.6) is 0 Å². The fraction of sp³-hybridized carbons (Fsp3) is 0.182. The van der Waals surface area contributed by atoms with Gasteiger partial charge < -0.3 is 0 Å². The van der Waals surface area contributed by atoms with Crippen LogP contribution in [-0.2, 0) is 6.42 Å². The Bertz CT molecular complexity index is 557. The summed E-state index contributed by atoms with van der Waals surface area (Å²) in [4.78, 5) is 4.54. The molecule has 1 aromatic carbocycles. The quantitative estimate of drug-likeness (QED) is 0.697. The summed E-state index contributed by atoms with van der Waals surface area (Å²) in [6, 6.07) is 8.06. The van der Waals surface area contributed by atoms with Crippen LogP contribution in [0.4, 0.5) is 5.69 Å². The molecule has 0 amide bonds. The lowest BCUT2D eigenvalue weighted by Gasteiger charge is -2.00. The molecule has 1 aromatic heterocycles. The van der Waals surface area contributed by atoms with Crippen molar-refractivity contribution in [2.45, 2.75) is 13.3 Å². The van der Waals surface area contributed by atoms with Gasteiger partial charge in [-0.2, -0.15) is 0 Å². The van der Waals surface area contributed by atoms with Crippen LogP contribution >= 0.6 is 43.9 Å². The van der Waals surface area contributed by atoms with Crippen LogP contribution in [0.1, 0.15) is 12.5 Å². The molecule has 1 nitrogen and oxygen atoms in total. The number of para-hydroxylation sites is 1. The molecule has 0 N–H and O–H groups in total. The minimum absolute atomic E-state index is 0.558. The number of hydrogen-bond acceptors (Lipinski definition) is 3. The third kappa shape index (κ3) is 2.48. The third-order valence-electron chi connectivity index (χ3n) is 2.15. The van der Waals surface area contributed by atoms with E-state index in [9.17, 15) is 0 Å². The average Bonchev–Trinajstić information content (AvgIpc) is 2.62. The SMILES string of the molecule is CCc1ccccc1N=c1ssc(Cl)c1Cl. The first kappa shape index (κ1) is 12.1. The van der Waals surface area contributed by atoms with E-state index in [0.717, 1.165) is 16.8 Å². The molecular weight excluding hydrogens is 281 g/mol. The second-order valence-corrected chi connectivity index (χ2v) is 6.26. The van der Waals surface area contributed by atoms with E-state index in [1.54, 1.807) is 0 Å². The van der Waals surface area contributed by atoms with E-state index in [-0.39, 0.29) is 0 Å². The number of benzene rings is 1. The number of hydrogen-bond donors (Lipinski definition) is 0. The second-order valence-electron chi connectivity index (χ2n) is 3.15. The van der Waals surface area contributed by atoms with Crippen molar-refractivity contribution in [3.8, 4) is 0 Å². The molecule has 0 aliphatic rings. The van der Waals surface area contributed by atoms with Gasteiger partial charge in [0.05, 0.1) is 5.69 Å². The normalized spacial score (nSPS) is 12.1. The van der Waals surface area contributed by atoms with Crippen LogP contribution in [0.2, 0.25) is 9.36 Å². The van der Waals surface area contributed by atoms with E-state index in [4.69, 9.17) is 23.2 Å². The minimum Gasteiger partial charge on any atom is -0.235 e. The topological polar surface area (TPSA) is 12.4 Å². The molecule has 16 heavy (non-hydrogen) atoms. The van der Waals surface area contributed by atoms with Crippen molar-refractivity contribution < 1.29 is 0 Å². The number of halogens is 2. The summed E-state index contributed by atoms with van der Waals surface area (Å²) >= 11 is 12.0. The highest BCUT2D eigenvalue weighted by Gasteiger charge is 2.04. The largest absolute Gasteiger partial charge is 0.235 e. The maximum atomic E-state index is 6.05. The zero-order chi connectivity index (χ0) is 11.5. The minimum atomic E-state index is 0.558. The summed E-state index contributed by atoms with van der Waals surface area (Å²) in [7, 11) is 2.95. The van der Waals surface area contributed by atoms with E-state index < -0.39 is 0 Å². The van der Waals surface area contributed by atoms with Crippen molar-refractivity contribution in [3.63, 3.8) is 0 Å². The van der Waals surface area contributed by atoms with Crippen LogP contribution in [0.15, 0.2) is 29.3 Å². The summed E-state index contributed by atoms with van der Waals surface area (Å²) in [6.45, 7) is 2.11. The first-order chi connectivity index (χ1) is 7.72. The lowest BCUT2D eigenvalue weighted by Crippen LogP contribution is -1.93. The zero-order valence-corrected chi connectivity index (χ0v) is 11.7. The van der Waals surface area contributed by atoms with Crippen LogP contribution in [0.3, 0.4) is 0 Å². The fourth-order valence-corrected chi connectivity index (χ4v) is 4.07. The molecule has 0 fully saturated rings. The van der Waals surface area contributed by atoms with Gasteiger partial charge >= 0.3 is 0 Å². The monoisotopic (exact) mass is 289 g/mol. The first-order valence-corrected chi connectivity index (χ1v) is 7.69. The molecule has 2 rings (SSSR count). The Morgan fingerprint density at radius 3 is 2.56 bits per heavy atom. The lowest BCUT2D eigenvalue weighted by molar-refractivity contribution is 1.13. The summed E-state index contributed by atoms with van der Waals surface area (Å²) in [5, 5.41) is 0.558. The van der Waals surface area contributed by atoms with Gasteiger partial charge in [-0.1, -0.05) is 69.0 Å². The molecule has 0 aliphatic carbocycles. The molecule has 0 saturated heterocycles. The van der Waals surface area contributed by atoms with Crippen molar-refractivity contribution in [3.05, 3.63) is 43.9 Å². The number of nitrogens with zero attached hydrogens (tertiary/aromatic N) is 1. The maximum absolute atomic E-state index is 6.05. The van der Waals surface area contributed by atoms with Crippen molar-refractivity contribution in [2.24, 2.45) is 4.99 Å². The molecular formula is C11H9Cl2NS2. The van der Waals surface area contributed by atoms with Gasteiger partial charge in [0.1, 0.15) is 14.0 Å². The highest BCUT2D eigenvalue weighted by atomic mass is 35.5. The summed E-state index contributed by atoms with van der Waals surface area (Å²) < 4.78 is 1.40. The molecule has 0 radical (unpaired) electrons. The molecule has 1 heterocycles. The molecule has 0 bridgehead atoms. The van der Waals surface area contributed by atoms with Gasteiger partial charge in [-0.15, -0.1) is 0 Å². The van der Waals surface area contributed by atoms with Gasteiger partial charge in [-0.05, 0) is 18.1 Å². The molecule has 0 atom stereocenters. The van der Waals surface area contributed by atoms with Gasteiger partial charge in [0.2, 0.25) is 0 Å². The highest BCUT2D eigenvalue weighted by molar-refractivity contribution is 7.69. The van der Waals surface area contributed by atoms with Crippen LogP contribution in [-0.4, -0.2) is 0 Å². The van der Waals surface area contributed by atoms with Gasteiger partial charge in [0, 0.05) is 0 Å². The Balaban J connectivity index is 2.54. The molecule has 5 heteroatoms. The van der Waals surface area contributed by atoms with E-state index in [2.05, 4.69) is 18.0 Å². The van der Waals surface area contributed by atoms with Crippen LogP contribution in [0, 0.1) is 0 Å². The van der Waals surface area contributed by atoms with Gasteiger partial charge in [-0.3, -0.25) is 0 Å². The van der Waals surface area contributed by atoms with E-state index in [0.29, 0.717) is 9.36 Å². The van der Waals surface area contributed by atoms with Crippen molar-refractivity contribution in [2.75, 3.05) is 0 Å². The maximum Gasteiger partial charge on any atom is 0.147 e. The van der Waals surface area contributed by atoms with Gasteiger partial charge in [-0.25, -0.2) is 4.99 Å². The Hall–Kier alpha value is -0.350. The average molecular weight is 290 g/mol. The standard InChI is InChI=1S/C11H9Cl2NS2/c1-2-7-5-3-4-6-8(7)14-11-9(12)10(13)15-16-11/h3-6H,2H2,1H3. The van der Waals surface area contributed by atoms with Crippen molar-refractivity contribution >= 4 is 49.6 Å². The molecule has 84 valence electrons. The Kier molecular flexibility index (Phi) is 4.03. The highest BCUT2D eigenvalue weighted by Crippen LogP contribution is 2.28. The summed E-state index contributed by atoms with van der Waals surface area (Å²) in [6.07, 6.45) is 0.958.